The molecule has 0 atom stereocenters. The standard InChI is InChI=1S/C10H11F2NO3/c1-5-4-6(8(11)12)7(10(14)16-3)9(13-5)15-2/h4,8H,1-3H3. The van der Waals surface area contributed by atoms with Gasteiger partial charge in [-0.05, 0) is 13.0 Å². The van der Waals surface area contributed by atoms with Crippen molar-refractivity contribution in [2.24, 2.45) is 0 Å². The average Bonchev–Trinajstić information content (AvgIpc) is 2.26. The van der Waals surface area contributed by atoms with Crippen molar-refractivity contribution in [3.05, 3.63) is 22.9 Å². The molecule has 0 unspecified atom stereocenters. The van der Waals surface area contributed by atoms with Crippen LogP contribution < -0.4 is 4.74 Å². The molecule has 0 aromatic carbocycles. The number of carbonyl (C=O) groups is 1. The molecule has 0 saturated heterocycles. The highest BCUT2D eigenvalue weighted by Gasteiger charge is 2.25. The monoisotopic (exact) mass is 231 g/mol. The number of aryl methyl sites for hydroxylation is 1. The molecule has 1 heterocycles. The molecule has 0 spiro atoms. The van der Waals surface area contributed by atoms with Gasteiger partial charge in [0.2, 0.25) is 5.88 Å². The fourth-order valence-corrected chi connectivity index (χ4v) is 1.30. The third kappa shape index (κ3) is 2.26. The van der Waals surface area contributed by atoms with Gasteiger partial charge in [0.1, 0.15) is 5.56 Å². The van der Waals surface area contributed by atoms with Crippen LogP contribution in [0.15, 0.2) is 6.07 Å². The number of ether oxygens (including phenoxy) is 2. The molecular weight excluding hydrogens is 220 g/mol. The summed E-state index contributed by atoms with van der Waals surface area (Å²) in [5.74, 6) is -1.04. The van der Waals surface area contributed by atoms with Gasteiger partial charge in [-0.1, -0.05) is 0 Å². The van der Waals surface area contributed by atoms with Crippen molar-refractivity contribution in [1.29, 1.82) is 0 Å². The third-order valence-electron chi connectivity index (χ3n) is 1.96. The van der Waals surface area contributed by atoms with Crippen molar-refractivity contribution in [3.63, 3.8) is 0 Å². The summed E-state index contributed by atoms with van der Waals surface area (Å²) in [5, 5.41) is 0. The number of hydrogen-bond acceptors (Lipinski definition) is 4. The summed E-state index contributed by atoms with van der Waals surface area (Å²) >= 11 is 0. The maximum Gasteiger partial charge on any atom is 0.343 e. The van der Waals surface area contributed by atoms with Crippen LogP contribution in [0.4, 0.5) is 8.78 Å². The summed E-state index contributed by atoms with van der Waals surface area (Å²) < 4.78 is 34.7. The van der Waals surface area contributed by atoms with Crippen molar-refractivity contribution >= 4 is 5.97 Å². The van der Waals surface area contributed by atoms with E-state index in [0.717, 1.165) is 13.2 Å². The molecule has 1 aromatic rings. The van der Waals surface area contributed by atoms with E-state index in [2.05, 4.69) is 9.72 Å². The molecule has 16 heavy (non-hydrogen) atoms. The van der Waals surface area contributed by atoms with Gasteiger partial charge in [0.05, 0.1) is 14.2 Å². The number of halogens is 2. The Labute approximate surface area is 91.2 Å². The fraction of sp³-hybridized carbons (Fsp3) is 0.400. The number of aromatic nitrogens is 1. The Kier molecular flexibility index (Phi) is 3.76. The molecule has 1 aromatic heterocycles. The zero-order chi connectivity index (χ0) is 12.3. The molecule has 6 heteroatoms. The topological polar surface area (TPSA) is 48.4 Å². The molecule has 88 valence electrons. The van der Waals surface area contributed by atoms with Crippen molar-refractivity contribution < 1.29 is 23.0 Å². The molecule has 1 rings (SSSR count). The van der Waals surface area contributed by atoms with Crippen molar-refractivity contribution in [3.8, 4) is 5.88 Å². The highest BCUT2D eigenvalue weighted by atomic mass is 19.3. The lowest BCUT2D eigenvalue weighted by Gasteiger charge is -2.11. The molecule has 4 nitrogen and oxygen atoms in total. The minimum absolute atomic E-state index is 0.151. The van der Waals surface area contributed by atoms with Gasteiger partial charge in [0.15, 0.2) is 0 Å². The second kappa shape index (κ2) is 4.87. The SMILES string of the molecule is COC(=O)c1c(C(F)F)cc(C)nc1OC. The van der Waals surface area contributed by atoms with Crippen molar-refractivity contribution in [2.75, 3.05) is 14.2 Å². The number of alkyl halides is 2. The number of esters is 1. The highest BCUT2D eigenvalue weighted by Crippen LogP contribution is 2.29. The van der Waals surface area contributed by atoms with E-state index in [-0.39, 0.29) is 11.4 Å². The molecule has 0 radical (unpaired) electrons. The van der Waals surface area contributed by atoms with Crippen molar-refractivity contribution in [2.45, 2.75) is 13.3 Å². The normalized spacial score (nSPS) is 10.4. The molecule has 0 saturated carbocycles. The first-order valence-electron chi connectivity index (χ1n) is 4.43. The van der Waals surface area contributed by atoms with Crippen molar-refractivity contribution in [1.82, 2.24) is 4.98 Å². The molecule has 0 amide bonds. The Morgan fingerprint density at radius 2 is 2.06 bits per heavy atom. The van der Waals surface area contributed by atoms with E-state index in [1.54, 1.807) is 0 Å². The van der Waals surface area contributed by atoms with E-state index in [1.165, 1.54) is 14.0 Å². The molecular formula is C10H11F2NO3. The van der Waals surface area contributed by atoms with Crippen LogP contribution in [-0.4, -0.2) is 25.2 Å². The number of pyridine rings is 1. The summed E-state index contributed by atoms with van der Waals surface area (Å²) in [5.41, 5.74) is -0.415. The van der Waals surface area contributed by atoms with E-state index in [4.69, 9.17) is 4.74 Å². The Bertz CT molecular complexity index is 407. The minimum Gasteiger partial charge on any atom is -0.480 e. The van der Waals surface area contributed by atoms with E-state index in [9.17, 15) is 13.6 Å². The Morgan fingerprint density at radius 3 is 2.50 bits per heavy atom. The average molecular weight is 231 g/mol. The highest BCUT2D eigenvalue weighted by molar-refractivity contribution is 5.93. The first-order valence-corrected chi connectivity index (χ1v) is 4.43. The zero-order valence-corrected chi connectivity index (χ0v) is 9.08. The lowest BCUT2D eigenvalue weighted by atomic mass is 10.1. The number of carbonyl (C=O) groups excluding carboxylic acids is 1. The van der Waals surface area contributed by atoms with Crippen LogP contribution in [0, 0.1) is 6.92 Å². The molecule has 0 aliphatic carbocycles. The molecule has 0 fully saturated rings. The first-order chi connectivity index (χ1) is 7.51. The number of rotatable bonds is 3. The molecule has 0 bridgehead atoms. The van der Waals surface area contributed by atoms with Gasteiger partial charge in [-0.25, -0.2) is 18.6 Å². The van der Waals surface area contributed by atoms with Gasteiger partial charge < -0.3 is 9.47 Å². The third-order valence-corrected chi connectivity index (χ3v) is 1.96. The van der Waals surface area contributed by atoms with E-state index < -0.39 is 18.0 Å². The van der Waals surface area contributed by atoms with Crippen LogP contribution in [0.3, 0.4) is 0 Å². The largest absolute Gasteiger partial charge is 0.480 e. The number of methoxy groups -OCH3 is 2. The molecule has 0 aliphatic rings. The second-order valence-corrected chi connectivity index (χ2v) is 3.03. The second-order valence-electron chi connectivity index (χ2n) is 3.03. The number of nitrogens with zero attached hydrogens (tertiary/aromatic N) is 1. The lowest BCUT2D eigenvalue weighted by Crippen LogP contribution is -2.10. The number of hydrogen-bond donors (Lipinski definition) is 0. The van der Waals surface area contributed by atoms with Gasteiger partial charge >= 0.3 is 5.97 Å². The maximum atomic E-state index is 12.7. The van der Waals surface area contributed by atoms with E-state index in [0.29, 0.717) is 5.69 Å². The quantitative estimate of drug-likeness (QED) is 0.747. The van der Waals surface area contributed by atoms with Gasteiger partial charge in [0, 0.05) is 11.3 Å². The zero-order valence-electron chi connectivity index (χ0n) is 9.08. The van der Waals surface area contributed by atoms with Gasteiger partial charge in [-0.3, -0.25) is 0 Å². The summed E-state index contributed by atoms with van der Waals surface area (Å²) in [7, 11) is 2.36. The predicted molar refractivity (Wildman–Crippen MR) is 51.8 cm³/mol. The summed E-state index contributed by atoms with van der Waals surface area (Å²) in [6.45, 7) is 1.54. The summed E-state index contributed by atoms with van der Waals surface area (Å²) in [6, 6.07) is 1.14. The van der Waals surface area contributed by atoms with Gasteiger partial charge in [-0.15, -0.1) is 0 Å². The fourth-order valence-electron chi connectivity index (χ4n) is 1.30. The Morgan fingerprint density at radius 1 is 1.44 bits per heavy atom. The summed E-state index contributed by atoms with van der Waals surface area (Å²) in [4.78, 5) is 15.2. The van der Waals surface area contributed by atoms with Crippen LogP contribution in [0.1, 0.15) is 28.0 Å². The van der Waals surface area contributed by atoms with Crippen LogP contribution in [0.5, 0.6) is 5.88 Å². The maximum absolute atomic E-state index is 12.7. The molecule has 0 N–H and O–H groups in total. The van der Waals surface area contributed by atoms with Gasteiger partial charge in [0.25, 0.3) is 6.43 Å². The van der Waals surface area contributed by atoms with E-state index in [1.807, 2.05) is 0 Å². The predicted octanol–water partition coefficient (Wildman–Crippen LogP) is 2.12. The Hall–Kier alpha value is -1.72. The Balaban J connectivity index is 3.45. The van der Waals surface area contributed by atoms with Crippen LogP contribution in [0.25, 0.3) is 0 Å². The lowest BCUT2D eigenvalue weighted by molar-refractivity contribution is 0.0584. The van der Waals surface area contributed by atoms with Crippen LogP contribution in [-0.2, 0) is 4.74 Å². The first kappa shape index (κ1) is 12.4. The molecule has 0 aliphatic heterocycles. The summed E-state index contributed by atoms with van der Waals surface area (Å²) in [6.07, 6.45) is -2.79. The van der Waals surface area contributed by atoms with E-state index >= 15 is 0 Å². The minimum atomic E-state index is -2.79. The van der Waals surface area contributed by atoms with Crippen LogP contribution >= 0.6 is 0 Å². The van der Waals surface area contributed by atoms with Crippen LogP contribution in [0.2, 0.25) is 0 Å². The van der Waals surface area contributed by atoms with Gasteiger partial charge in [-0.2, -0.15) is 0 Å². The smallest absolute Gasteiger partial charge is 0.343 e.